The fraction of sp³-hybridized carbons (Fsp3) is 0.444. The van der Waals surface area contributed by atoms with Gasteiger partial charge in [-0.25, -0.2) is 4.79 Å². The highest BCUT2D eigenvalue weighted by molar-refractivity contribution is 6.08. The van der Waals surface area contributed by atoms with E-state index in [-0.39, 0.29) is 0 Å². The number of amides is 4. The second-order valence-electron chi connectivity index (χ2n) is 6.99. The van der Waals surface area contributed by atoms with Gasteiger partial charge >= 0.3 is 12.0 Å². The lowest BCUT2D eigenvalue weighted by Crippen LogP contribution is -2.41. The number of esters is 1. The van der Waals surface area contributed by atoms with E-state index in [1.807, 2.05) is 18.2 Å². The van der Waals surface area contributed by atoms with Gasteiger partial charge in [0.2, 0.25) is 0 Å². The Balaban J connectivity index is 1.48. The number of nitrogens with one attached hydrogen (secondary N) is 2. The van der Waals surface area contributed by atoms with Gasteiger partial charge in [-0.15, -0.1) is 0 Å². The normalized spacial score (nSPS) is 17.7. The molecule has 8 heteroatoms. The maximum absolute atomic E-state index is 12.0. The third-order valence-corrected chi connectivity index (χ3v) is 4.48. The van der Waals surface area contributed by atoms with E-state index in [2.05, 4.69) is 10.6 Å². The number of carbonyl (C=O) groups is 4. The molecule has 0 aromatic heterocycles. The van der Waals surface area contributed by atoms with Crippen LogP contribution in [0.4, 0.5) is 10.5 Å². The molecular formula is C18H21N3O5. The SMILES string of the molecule is CC1(C)NC(=O)N(CC(=O)OCC(=O)Nc2ccc3c(c2)CCC3)C1=O. The van der Waals surface area contributed by atoms with E-state index in [0.717, 1.165) is 24.2 Å². The summed E-state index contributed by atoms with van der Waals surface area (Å²) in [6.07, 6.45) is 3.17. The zero-order valence-corrected chi connectivity index (χ0v) is 14.8. The van der Waals surface area contributed by atoms with Crippen molar-refractivity contribution in [2.75, 3.05) is 18.5 Å². The smallest absolute Gasteiger partial charge is 0.326 e. The number of aryl methyl sites for hydroxylation is 2. The number of urea groups is 1. The van der Waals surface area contributed by atoms with Crippen LogP contribution in [-0.4, -0.2) is 47.4 Å². The average Bonchev–Trinajstić information content (AvgIpc) is 3.10. The first-order valence-electron chi connectivity index (χ1n) is 8.47. The minimum Gasteiger partial charge on any atom is -0.454 e. The van der Waals surface area contributed by atoms with Crippen molar-refractivity contribution in [2.45, 2.75) is 38.6 Å². The molecule has 2 aliphatic rings. The number of hydrogen-bond acceptors (Lipinski definition) is 5. The Morgan fingerprint density at radius 2 is 1.96 bits per heavy atom. The molecule has 1 fully saturated rings. The van der Waals surface area contributed by atoms with Gasteiger partial charge in [-0.2, -0.15) is 0 Å². The molecule has 138 valence electrons. The van der Waals surface area contributed by atoms with Gasteiger partial charge in [-0.05, 0) is 56.4 Å². The number of anilines is 1. The lowest BCUT2D eigenvalue weighted by Gasteiger charge is -2.15. The predicted octanol–water partition coefficient (Wildman–Crippen LogP) is 0.987. The molecule has 1 aromatic rings. The maximum atomic E-state index is 12.0. The number of fused-ring (bicyclic) bond motifs is 1. The molecule has 0 radical (unpaired) electrons. The Bertz CT molecular complexity index is 787. The second-order valence-corrected chi connectivity index (χ2v) is 6.99. The second kappa shape index (κ2) is 6.78. The van der Waals surface area contributed by atoms with Crippen LogP contribution in [0.3, 0.4) is 0 Å². The third kappa shape index (κ3) is 3.68. The van der Waals surface area contributed by atoms with Crippen molar-refractivity contribution >= 4 is 29.5 Å². The minimum atomic E-state index is -1.05. The molecule has 0 bridgehead atoms. The van der Waals surface area contributed by atoms with Crippen LogP contribution in [0.5, 0.6) is 0 Å². The molecule has 1 aromatic carbocycles. The monoisotopic (exact) mass is 359 g/mol. The van der Waals surface area contributed by atoms with Gasteiger partial charge in [0.25, 0.3) is 11.8 Å². The molecular weight excluding hydrogens is 338 g/mol. The van der Waals surface area contributed by atoms with E-state index in [4.69, 9.17) is 4.74 Å². The van der Waals surface area contributed by atoms with Crippen LogP contribution >= 0.6 is 0 Å². The van der Waals surface area contributed by atoms with Gasteiger partial charge in [0, 0.05) is 5.69 Å². The number of nitrogens with zero attached hydrogens (tertiary/aromatic N) is 1. The summed E-state index contributed by atoms with van der Waals surface area (Å²) in [5.41, 5.74) is 2.12. The van der Waals surface area contributed by atoms with Crippen molar-refractivity contribution in [3.05, 3.63) is 29.3 Å². The molecule has 1 aliphatic carbocycles. The van der Waals surface area contributed by atoms with Crippen molar-refractivity contribution < 1.29 is 23.9 Å². The summed E-state index contributed by atoms with van der Waals surface area (Å²) in [5.74, 6) is -1.81. The first kappa shape index (κ1) is 17.9. The van der Waals surface area contributed by atoms with E-state index in [9.17, 15) is 19.2 Å². The predicted molar refractivity (Wildman–Crippen MR) is 92.4 cm³/mol. The van der Waals surface area contributed by atoms with E-state index in [0.29, 0.717) is 5.69 Å². The fourth-order valence-electron chi connectivity index (χ4n) is 3.13. The topological polar surface area (TPSA) is 105 Å². The number of benzene rings is 1. The Kier molecular flexibility index (Phi) is 4.67. The number of hydrogen-bond donors (Lipinski definition) is 2. The highest BCUT2D eigenvalue weighted by Crippen LogP contribution is 2.24. The summed E-state index contributed by atoms with van der Waals surface area (Å²) in [7, 11) is 0. The van der Waals surface area contributed by atoms with Crippen molar-refractivity contribution in [3.63, 3.8) is 0 Å². The molecule has 3 rings (SSSR count). The molecule has 1 aliphatic heterocycles. The largest absolute Gasteiger partial charge is 0.454 e. The number of ether oxygens (including phenoxy) is 1. The summed E-state index contributed by atoms with van der Waals surface area (Å²) in [6, 6.07) is 5.08. The van der Waals surface area contributed by atoms with Crippen LogP contribution in [0, 0.1) is 0 Å². The lowest BCUT2D eigenvalue weighted by molar-refractivity contribution is -0.150. The molecule has 2 N–H and O–H groups in total. The van der Waals surface area contributed by atoms with Crippen LogP contribution < -0.4 is 10.6 Å². The summed E-state index contributed by atoms with van der Waals surface area (Å²) in [4.78, 5) is 48.3. The molecule has 1 saturated heterocycles. The van der Waals surface area contributed by atoms with E-state index in [1.54, 1.807) is 13.8 Å². The van der Waals surface area contributed by atoms with Crippen LogP contribution in [0.2, 0.25) is 0 Å². The first-order chi connectivity index (χ1) is 12.3. The van der Waals surface area contributed by atoms with Crippen molar-refractivity contribution in [1.82, 2.24) is 10.2 Å². The van der Waals surface area contributed by atoms with E-state index in [1.165, 1.54) is 11.1 Å². The van der Waals surface area contributed by atoms with Gasteiger partial charge in [-0.1, -0.05) is 6.07 Å². The quantitative estimate of drug-likeness (QED) is 0.602. The van der Waals surface area contributed by atoms with Crippen molar-refractivity contribution in [3.8, 4) is 0 Å². The van der Waals surface area contributed by atoms with Gasteiger partial charge in [0.15, 0.2) is 6.61 Å². The van der Waals surface area contributed by atoms with Crippen LogP contribution in [0.1, 0.15) is 31.4 Å². The highest BCUT2D eigenvalue weighted by atomic mass is 16.5. The summed E-state index contributed by atoms with van der Waals surface area (Å²) in [5, 5.41) is 5.14. The fourth-order valence-corrected chi connectivity index (χ4v) is 3.13. The average molecular weight is 359 g/mol. The first-order valence-corrected chi connectivity index (χ1v) is 8.47. The highest BCUT2D eigenvalue weighted by Gasteiger charge is 2.45. The van der Waals surface area contributed by atoms with Gasteiger partial charge in [0.05, 0.1) is 0 Å². The van der Waals surface area contributed by atoms with Crippen LogP contribution in [0.15, 0.2) is 18.2 Å². The Hall–Kier alpha value is -2.90. The molecule has 0 unspecified atom stereocenters. The van der Waals surface area contributed by atoms with Gasteiger partial charge in [0.1, 0.15) is 12.1 Å². The Morgan fingerprint density at radius 1 is 1.23 bits per heavy atom. The molecule has 8 nitrogen and oxygen atoms in total. The Morgan fingerprint density at radius 3 is 2.65 bits per heavy atom. The molecule has 0 saturated carbocycles. The number of imide groups is 1. The zero-order chi connectivity index (χ0) is 18.9. The molecule has 1 heterocycles. The molecule has 26 heavy (non-hydrogen) atoms. The van der Waals surface area contributed by atoms with Gasteiger partial charge in [-0.3, -0.25) is 19.3 Å². The van der Waals surface area contributed by atoms with Crippen molar-refractivity contribution in [1.29, 1.82) is 0 Å². The third-order valence-electron chi connectivity index (χ3n) is 4.48. The minimum absolute atomic E-state index is 0.478. The standard InChI is InChI=1S/C18H21N3O5/c1-18(2)16(24)21(17(25)20-18)9-15(23)26-10-14(22)19-13-7-6-11-4-3-5-12(11)8-13/h6-8H,3-5,9-10H2,1-2H3,(H,19,22)(H,20,25). The van der Waals surface area contributed by atoms with E-state index < -0.39 is 42.5 Å². The summed E-state index contributed by atoms with van der Waals surface area (Å²) < 4.78 is 4.87. The Labute approximate surface area is 150 Å². The summed E-state index contributed by atoms with van der Waals surface area (Å²) >= 11 is 0. The van der Waals surface area contributed by atoms with E-state index >= 15 is 0 Å². The zero-order valence-electron chi connectivity index (χ0n) is 14.8. The van der Waals surface area contributed by atoms with Gasteiger partial charge < -0.3 is 15.4 Å². The van der Waals surface area contributed by atoms with Crippen LogP contribution in [-0.2, 0) is 32.0 Å². The summed E-state index contributed by atoms with van der Waals surface area (Å²) in [6.45, 7) is 2.08. The molecule has 0 atom stereocenters. The maximum Gasteiger partial charge on any atom is 0.326 e. The molecule has 0 spiro atoms. The lowest BCUT2D eigenvalue weighted by atomic mass is 10.1. The molecule has 4 amide bonds. The van der Waals surface area contributed by atoms with Crippen LogP contribution in [0.25, 0.3) is 0 Å². The number of carbonyl (C=O) groups excluding carboxylic acids is 4. The van der Waals surface area contributed by atoms with Crippen molar-refractivity contribution in [2.24, 2.45) is 0 Å². The number of rotatable bonds is 5.